The molecule has 0 atom stereocenters. The normalized spacial score (nSPS) is 11.5. The maximum atomic E-state index is 5.30. The number of H-pyrrole nitrogens is 2. The molecule has 0 aliphatic carbocycles. The molecular formula is C54H46N8. The number of fused-ring (bicyclic) bond motifs is 8. The van der Waals surface area contributed by atoms with Crippen LogP contribution in [0.2, 0.25) is 0 Å². The molecule has 0 fully saturated rings. The zero-order valence-corrected chi connectivity index (χ0v) is 35.0. The van der Waals surface area contributed by atoms with Crippen molar-refractivity contribution in [1.29, 1.82) is 0 Å². The summed E-state index contributed by atoms with van der Waals surface area (Å²) in [7, 11) is 0. The van der Waals surface area contributed by atoms with Crippen LogP contribution in [0.25, 0.3) is 69.1 Å². The molecule has 9 heterocycles. The van der Waals surface area contributed by atoms with Crippen molar-refractivity contribution in [2.45, 2.75) is 65.2 Å². The molecule has 9 rings (SSSR count). The van der Waals surface area contributed by atoms with Crippen molar-refractivity contribution < 1.29 is 0 Å². The largest absolute Gasteiger partial charge is 0.354 e. The second-order valence-electron chi connectivity index (χ2n) is 15.4. The molecule has 7 aromatic rings. The number of nitrogens with one attached hydrogen (secondary N) is 2. The summed E-state index contributed by atoms with van der Waals surface area (Å²) in [6.07, 6.45) is 23.8. The second kappa shape index (κ2) is 18.7. The third-order valence-corrected chi connectivity index (χ3v) is 11.1. The van der Waals surface area contributed by atoms with Crippen molar-refractivity contribution >= 4 is 46.4 Å². The lowest BCUT2D eigenvalue weighted by atomic mass is 10.1. The zero-order chi connectivity index (χ0) is 42.1. The van der Waals surface area contributed by atoms with Gasteiger partial charge in [0, 0.05) is 58.1 Å². The highest BCUT2D eigenvalue weighted by Crippen LogP contribution is 2.29. The van der Waals surface area contributed by atoms with Gasteiger partial charge in [-0.3, -0.25) is 15.0 Å². The summed E-state index contributed by atoms with van der Waals surface area (Å²) in [6.45, 7) is 4.47. The molecule has 2 aliphatic heterocycles. The van der Waals surface area contributed by atoms with E-state index in [9.17, 15) is 0 Å². The van der Waals surface area contributed by atoms with Crippen molar-refractivity contribution in [3.63, 3.8) is 0 Å². The fourth-order valence-corrected chi connectivity index (χ4v) is 7.82. The number of aromatic nitrogens is 8. The first-order valence-electron chi connectivity index (χ1n) is 21.6. The zero-order valence-electron chi connectivity index (χ0n) is 35.0. The SMILES string of the molecule is CCCCCc1c2nc(c(C#Cc3ccncc3)c3nc(c(CCCCC)c4ccc([nH]4)c(C#Cc4cc(-c5ccccn5)nc(-c5ccccn5)c4)c4ccc1[nH]4)C=C3)C=C2. The molecule has 2 aliphatic rings. The molecule has 0 aromatic carbocycles. The summed E-state index contributed by atoms with van der Waals surface area (Å²) >= 11 is 0. The lowest BCUT2D eigenvalue weighted by molar-refractivity contribution is 0.717. The minimum absolute atomic E-state index is 0.731. The van der Waals surface area contributed by atoms with Gasteiger partial charge in [0.25, 0.3) is 0 Å². The van der Waals surface area contributed by atoms with Crippen LogP contribution in [0.1, 0.15) is 109 Å². The van der Waals surface area contributed by atoms with Crippen LogP contribution < -0.4 is 0 Å². The summed E-state index contributed by atoms with van der Waals surface area (Å²) in [4.78, 5) is 36.6. The van der Waals surface area contributed by atoms with Gasteiger partial charge in [-0.1, -0.05) is 75.3 Å². The molecule has 0 amide bonds. The standard InChI is InChI=1S/C54H46N8/c1-3-5-7-13-39-43-21-25-47(58-43)41(19-17-37-29-33-55-34-30-37)48-26-22-44(59-48)40(14-8-6-4-2)46-24-28-50(61-46)42(49-27-23-45(39)60-49)20-18-38-35-53(51-15-9-11-31-56-51)62-54(36-38)52-16-10-12-32-57-52/h9-12,15-16,21-36,60-61H,3-8,13-14H2,1-2H3. The molecule has 62 heavy (non-hydrogen) atoms. The van der Waals surface area contributed by atoms with Crippen molar-refractivity contribution in [3.05, 3.63) is 166 Å². The van der Waals surface area contributed by atoms with E-state index in [-0.39, 0.29) is 0 Å². The van der Waals surface area contributed by atoms with E-state index in [2.05, 4.69) is 111 Å². The molecule has 8 heteroatoms. The van der Waals surface area contributed by atoms with Crippen molar-refractivity contribution in [2.24, 2.45) is 0 Å². The Morgan fingerprint density at radius 2 is 0.935 bits per heavy atom. The lowest BCUT2D eigenvalue weighted by Crippen LogP contribution is -1.94. The minimum Gasteiger partial charge on any atom is -0.354 e. The molecule has 2 N–H and O–H groups in total. The molecule has 302 valence electrons. The first-order chi connectivity index (χ1) is 30.6. The topological polar surface area (TPSA) is 109 Å². The van der Waals surface area contributed by atoms with Gasteiger partial charge >= 0.3 is 0 Å². The highest BCUT2D eigenvalue weighted by Gasteiger charge is 2.16. The molecular weight excluding hydrogens is 761 g/mol. The average Bonchev–Trinajstić information content (AvgIpc) is 4.17. The Labute approximate surface area is 362 Å². The van der Waals surface area contributed by atoms with Gasteiger partial charge in [-0.25, -0.2) is 15.0 Å². The van der Waals surface area contributed by atoms with E-state index < -0.39 is 0 Å². The van der Waals surface area contributed by atoms with Crippen LogP contribution in [0.15, 0.2) is 110 Å². The Morgan fingerprint density at radius 3 is 1.45 bits per heavy atom. The van der Waals surface area contributed by atoms with Crippen molar-refractivity contribution in [1.82, 2.24) is 39.9 Å². The van der Waals surface area contributed by atoms with Gasteiger partial charge < -0.3 is 9.97 Å². The number of aryl methyl sites for hydroxylation is 2. The van der Waals surface area contributed by atoms with E-state index in [1.807, 2.05) is 60.7 Å². The van der Waals surface area contributed by atoms with Crippen LogP contribution >= 0.6 is 0 Å². The Kier molecular flexibility index (Phi) is 12.0. The van der Waals surface area contributed by atoms with E-state index in [0.29, 0.717) is 0 Å². The van der Waals surface area contributed by atoms with Gasteiger partial charge in [0.2, 0.25) is 0 Å². The van der Waals surface area contributed by atoms with E-state index in [4.69, 9.17) is 15.0 Å². The number of hydrogen-bond acceptors (Lipinski definition) is 6. The van der Waals surface area contributed by atoms with Gasteiger partial charge in [0.05, 0.1) is 67.7 Å². The molecule has 8 nitrogen and oxygen atoms in total. The van der Waals surface area contributed by atoms with Crippen molar-refractivity contribution in [3.8, 4) is 46.5 Å². The first-order valence-corrected chi connectivity index (χ1v) is 21.6. The number of unbranched alkanes of at least 4 members (excludes halogenated alkanes) is 4. The molecule has 0 radical (unpaired) electrons. The Bertz CT molecular complexity index is 2930. The van der Waals surface area contributed by atoms with Crippen molar-refractivity contribution in [2.75, 3.05) is 0 Å². The smallest absolute Gasteiger partial charge is 0.0906 e. The van der Waals surface area contributed by atoms with E-state index in [1.54, 1.807) is 24.8 Å². The molecule has 0 unspecified atom stereocenters. The quantitative estimate of drug-likeness (QED) is 0.105. The maximum absolute atomic E-state index is 5.30. The number of nitrogens with zero attached hydrogens (tertiary/aromatic N) is 6. The average molecular weight is 807 g/mol. The Morgan fingerprint density at radius 1 is 0.435 bits per heavy atom. The predicted molar refractivity (Wildman–Crippen MR) is 252 cm³/mol. The molecule has 8 bridgehead atoms. The van der Waals surface area contributed by atoms with Crippen LogP contribution in [0, 0.1) is 23.7 Å². The van der Waals surface area contributed by atoms with E-state index >= 15 is 0 Å². The summed E-state index contributed by atoms with van der Waals surface area (Å²) < 4.78 is 0. The fraction of sp³-hybridized carbons (Fsp3) is 0.185. The number of hydrogen-bond donors (Lipinski definition) is 2. The number of rotatable bonds is 10. The third kappa shape index (κ3) is 8.92. The predicted octanol–water partition coefficient (Wildman–Crippen LogP) is 11.8. The summed E-state index contributed by atoms with van der Waals surface area (Å²) in [5, 5.41) is 0. The van der Waals surface area contributed by atoms with Gasteiger partial charge in [0.15, 0.2) is 0 Å². The second-order valence-corrected chi connectivity index (χ2v) is 15.4. The monoisotopic (exact) mass is 806 g/mol. The van der Waals surface area contributed by atoms with Gasteiger partial charge in [0.1, 0.15) is 0 Å². The van der Waals surface area contributed by atoms with Crippen LogP contribution in [0.3, 0.4) is 0 Å². The third-order valence-electron chi connectivity index (χ3n) is 11.1. The van der Waals surface area contributed by atoms with Crippen LogP contribution in [0.4, 0.5) is 0 Å². The Balaban J connectivity index is 1.30. The highest BCUT2D eigenvalue weighted by atomic mass is 14.8. The van der Waals surface area contributed by atoms with E-state index in [0.717, 1.165) is 152 Å². The lowest BCUT2D eigenvalue weighted by Gasteiger charge is -2.06. The number of pyridine rings is 4. The van der Waals surface area contributed by atoms with Crippen LogP contribution in [0.5, 0.6) is 0 Å². The minimum atomic E-state index is 0.731. The van der Waals surface area contributed by atoms with Gasteiger partial charge in [-0.2, -0.15) is 0 Å². The fourth-order valence-electron chi connectivity index (χ4n) is 7.82. The van der Waals surface area contributed by atoms with Gasteiger partial charge in [-0.15, -0.1) is 0 Å². The first kappa shape index (κ1) is 39.8. The van der Waals surface area contributed by atoms with E-state index in [1.165, 1.54) is 0 Å². The summed E-state index contributed by atoms with van der Waals surface area (Å²) in [5.41, 5.74) is 16.0. The maximum Gasteiger partial charge on any atom is 0.0906 e. The Hall–Kier alpha value is -7.68. The molecule has 0 spiro atoms. The number of aromatic amines is 2. The van der Waals surface area contributed by atoms with Gasteiger partial charge in [-0.05, 0) is 123 Å². The van der Waals surface area contributed by atoms with Crippen LogP contribution in [-0.4, -0.2) is 39.9 Å². The summed E-state index contributed by atoms with van der Waals surface area (Å²) in [6, 6.07) is 28.1. The summed E-state index contributed by atoms with van der Waals surface area (Å²) in [5.74, 6) is 14.0. The van der Waals surface area contributed by atoms with Crippen LogP contribution in [-0.2, 0) is 12.8 Å². The molecule has 7 aromatic heterocycles. The molecule has 0 saturated heterocycles. The highest BCUT2D eigenvalue weighted by molar-refractivity contribution is 5.86. The molecule has 0 saturated carbocycles.